The van der Waals surface area contributed by atoms with Crippen molar-refractivity contribution in [1.82, 2.24) is 19.8 Å². The Bertz CT molecular complexity index is 605. The first-order valence-corrected chi connectivity index (χ1v) is 6.09. The van der Waals surface area contributed by atoms with Crippen LogP contribution >= 0.6 is 0 Å². The summed E-state index contributed by atoms with van der Waals surface area (Å²) >= 11 is 0. The van der Waals surface area contributed by atoms with E-state index in [2.05, 4.69) is 20.6 Å². The van der Waals surface area contributed by atoms with Crippen molar-refractivity contribution in [2.75, 3.05) is 11.9 Å². The molecule has 7 nitrogen and oxygen atoms in total. The lowest BCUT2D eigenvalue weighted by Gasteiger charge is -2.10. The summed E-state index contributed by atoms with van der Waals surface area (Å²) in [5, 5.41) is 22.9. The van der Waals surface area contributed by atoms with Crippen molar-refractivity contribution in [2.24, 2.45) is 5.92 Å². The number of hydrogen-bond donors (Lipinski definition) is 3. The van der Waals surface area contributed by atoms with E-state index < -0.39 is 0 Å². The van der Waals surface area contributed by atoms with E-state index in [9.17, 15) is 9.90 Å². The third-order valence-electron chi connectivity index (χ3n) is 3.36. The molecule has 1 saturated carbocycles. The number of aromatic amines is 1. The number of nitrogens with one attached hydrogen (secondary N) is 2. The molecule has 0 aliphatic heterocycles. The van der Waals surface area contributed by atoms with Gasteiger partial charge in [-0.1, -0.05) is 0 Å². The Hall–Kier alpha value is -1.89. The molecule has 2 unspecified atom stereocenters. The molecule has 2 atom stereocenters. The largest absolute Gasteiger partial charge is 0.393 e. The molecule has 1 fully saturated rings. The summed E-state index contributed by atoms with van der Waals surface area (Å²) in [6.07, 6.45) is 2.58. The molecule has 3 N–H and O–H groups in total. The Kier molecular flexibility index (Phi) is 2.75. The number of aromatic nitrogens is 4. The summed E-state index contributed by atoms with van der Waals surface area (Å²) in [6, 6.07) is 3.53. The number of rotatable bonds is 3. The number of fused-ring (bicyclic) bond motifs is 1. The number of aliphatic hydroxyl groups is 1. The highest BCUT2D eigenvalue weighted by Gasteiger charge is 2.22. The normalized spacial score (nSPS) is 23.6. The minimum Gasteiger partial charge on any atom is -0.393 e. The molecule has 96 valence electrons. The van der Waals surface area contributed by atoms with Crippen LogP contribution in [0.3, 0.4) is 0 Å². The number of aliphatic hydroxyl groups excluding tert-OH is 1. The Morgan fingerprint density at radius 2 is 2.39 bits per heavy atom. The van der Waals surface area contributed by atoms with Gasteiger partial charge in [0, 0.05) is 6.54 Å². The third-order valence-corrected chi connectivity index (χ3v) is 3.36. The van der Waals surface area contributed by atoms with Crippen LogP contribution in [0.5, 0.6) is 0 Å². The summed E-state index contributed by atoms with van der Waals surface area (Å²) < 4.78 is 1.23. The van der Waals surface area contributed by atoms with Crippen molar-refractivity contribution in [3.63, 3.8) is 0 Å². The molecule has 2 aromatic rings. The van der Waals surface area contributed by atoms with Crippen molar-refractivity contribution in [2.45, 2.75) is 25.4 Å². The molecule has 1 aliphatic rings. The van der Waals surface area contributed by atoms with Crippen LogP contribution < -0.4 is 11.0 Å². The molecule has 0 amide bonds. The van der Waals surface area contributed by atoms with Crippen molar-refractivity contribution < 1.29 is 5.11 Å². The second-order valence-electron chi connectivity index (χ2n) is 4.73. The minimum atomic E-state index is -0.343. The summed E-state index contributed by atoms with van der Waals surface area (Å²) in [7, 11) is 0. The van der Waals surface area contributed by atoms with Gasteiger partial charge >= 0.3 is 5.69 Å². The van der Waals surface area contributed by atoms with Gasteiger partial charge in [-0.2, -0.15) is 9.61 Å². The molecule has 2 aromatic heterocycles. The number of anilines is 1. The van der Waals surface area contributed by atoms with Crippen LogP contribution in [0, 0.1) is 5.92 Å². The second kappa shape index (κ2) is 4.41. The van der Waals surface area contributed by atoms with E-state index in [-0.39, 0.29) is 11.8 Å². The van der Waals surface area contributed by atoms with Crippen LogP contribution in [0.15, 0.2) is 16.9 Å². The standard InChI is InChI=1S/C11H15N5O2/c17-8-2-1-7(5-8)6-12-9-3-4-10-13-14-11(18)16(10)15-9/h3-4,7-8,17H,1-2,5-6H2,(H,12,15)(H,14,18). The molecule has 0 saturated heterocycles. The number of H-pyrrole nitrogens is 1. The molecule has 0 bridgehead atoms. The maximum Gasteiger partial charge on any atom is 0.364 e. The van der Waals surface area contributed by atoms with Crippen LogP contribution in [-0.4, -0.2) is 37.6 Å². The fourth-order valence-corrected chi connectivity index (χ4v) is 2.38. The first-order valence-electron chi connectivity index (χ1n) is 6.09. The quantitative estimate of drug-likeness (QED) is 0.711. The summed E-state index contributed by atoms with van der Waals surface area (Å²) in [6.45, 7) is 0.766. The lowest BCUT2D eigenvalue weighted by Crippen LogP contribution is -2.17. The zero-order chi connectivity index (χ0) is 12.5. The van der Waals surface area contributed by atoms with Crippen molar-refractivity contribution in [3.8, 4) is 0 Å². The molecule has 0 radical (unpaired) electrons. The van der Waals surface area contributed by atoms with E-state index in [1.807, 2.05) is 0 Å². The summed E-state index contributed by atoms with van der Waals surface area (Å²) in [5.74, 6) is 1.12. The Morgan fingerprint density at radius 3 is 3.17 bits per heavy atom. The SMILES string of the molecule is O=c1[nH]nc2ccc(NCC3CCC(O)C3)nn12. The predicted octanol–water partition coefficient (Wildman–Crippen LogP) is -0.00950. The highest BCUT2D eigenvalue weighted by atomic mass is 16.3. The average Bonchev–Trinajstić information content (AvgIpc) is 2.94. The zero-order valence-corrected chi connectivity index (χ0v) is 9.83. The zero-order valence-electron chi connectivity index (χ0n) is 9.83. The number of nitrogens with zero attached hydrogens (tertiary/aromatic N) is 3. The van der Waals surface area contributed by atoms with Crippen molar-refractivity contribution >= 4 is 11.5 Å². The summed E-state index contributed by atoms with van der Waals surface area (Å²) in [5.41, 5.74) is 0.159. The third kappa shape index (κ3) is 2.08. The molecular weight excluding hydrogens is 234 g/mol. The van der Waals surface area contributed by atoms with Crippen molar-refractivity contribution in [3.05, 3.63) is 22.6 Å². The topological polar surface area (TPSA) is 95.3 Å². The Balaban J connectivity index is 1.71. The fourth-order valence-electron chi connectivity index (χ4n) is 2.38. The smallest absolute Gasteiger partial charge is 0.364 e. The van der Waals surface area contributed by atoms with Gasteiger partial charge in [-0.25, -0.2) is 9.89 Å². The van der Waals surface area contributed by atoms with E-state index in [0.717, 1.165) is 25.8 Å². The maximum absolute atomic E-state index is 11.4. The lowest BCUT2D eigenvalue weighted by atomic mass is 10.1. The monoisotopic (exact) mass is 249 g/mol. The highest BCUT2D eigenvalue weighted by Crippen LogP contribution is 2.25. The van der Waals surface area contributed by atoms with Gasteiger partial charge in [0.2, 0.25) is 0 Å². The van der Waals surface area contributed by atoms with E-state index in [1.54, 1.807) is 12.1 Å². The van der Waals surface area contributed by atoms with Gasteiger partial charge in [0.15, 0.2) is 5.65 Å². The first kappa shape index (κ1) is 11.2. The fraction of sp³-hybridized carbons (Fsp3) is 0.545. The molecule has 1 aliphatic carbocycles. The maximum atomic E-state index is 11.4. The van der Waals surface area contributed by atoms with Gasteiger partial charge in [-0.3, -0.25) is 0 Å². The van der Waals surface area contributed by atoms with E-state index in [0.29, 0.717) is 17.4 Å². The minimum absolute atomic E-state index is 0.163. The van der Waals surface area contributed by atoms with Crippen LogP contribution in [0.4, 0.5) is 5.82 Å². The average molecular weight is 249 g/mol. The van der Waals surface area contributed by atoms with Gasteiger partial charge in [-0.15, -0.1) is 5.10 Å². The van der Waals surface area contributed by atoms with E-state index >= 15 is 0 Å². The molecule has 0 spiro atoms. The molecule has 0 aromatic carbocycles. The molecule has 18 heavy (non-hydrogen) atoms. The second-order valence-corrected chi connectivity index (χ2v) is 4.73. The molecular formula is C11H15N5O2. The Labute approximate surface area is 103 Å². The highest BCUT2D eigenvalue weighted by molar-refractivity contribution is 5.42. The molecule has 2 heterocycles. The van der Waals surface area contributed by atoms with Gasteiger partial charge in [-0.05, 0) is 37.3 Å². The van der Waals surface area contributed by atoms with Crippen LogP contribution in [-0.2, 0) is 0 Å². The van der Waals surface area contributed by atoms with Gasteiger partial charge < -0.3 is 10.4 Å². The van der Waals surface area contributed by atoms with E-state index in [4.69, 9.17) is 0 Å². The Morgan fingerprint density at radius 1 is 1.50 bits per heavy atom. The molecule has 3 rings (SSSR count). The van der Waals surface area contributed by atoms with Crippen LogP contribution in [0.1, 0.15) is 19.3 Å². The van der Waals surface area contributed by atoms with Gasteiger partial charge in [0.1, 0.15) is 5.82 Å². The lowest BCUT2D eigenvalue weighted by molar-refractivity contribution is 0.178. The van der Waals surface area contributed by atoms with Gasteiger partial charge in [0.05, 0.1) is 6.10 Å². The van der Waals surface area contributed by atoms with E-state index in [1.165, 1.54) is 4.52 Å². The first-order chi connectivity index (χ1) is 8.72. The number of hydrogen-bond acceptors (Lipinski definition) is 5. The molecule has 7 heteroatoms. The van der Waals surface area contributed by atoms with Gasteiger partial charge in [0.25, 0.3) is 0 Å². The van der Waals surface area contributed by atoms with Crippen LogP contribution in [0.2, 0.25) is 0 Å². The van der Waals surface area contributed by atoms with Crippen LogP contribution in [0.25, 0.3) is 5.65 Å². The predicted molar refractivity (Wildman–Crippen MR) is 65.4 cm³/mol. The summed E-state index contributed by atoms with van der Waals surface area (Å²) in [4.78, 5) is 11.4. The van der Waals surface area contributed by atoms with Crippen molar-refractivity contribution in [1.29, 1.82) is 0 Å².